The van der Waals surface area contributed by atoms with Gasteiger partial charge in [0.25, 0.3) is 5.91 Å². The summed E-state index contributed by atoms with van der Waals surface area (Å²) in [5, 5.41) is 0. The van der Waals surface area contributed by atoms with Gasteiger partial charge in [-0.05, 0) is 25.2 Å². The summed E-state index contributed by atoms with van der Waals surface area (Å²) in [7, 11) is 1.90. The summed E-state index contributed by atoms with van der Waals surface area (Å²) in [6.07, 6.45) is 3.20. The number of carbonyl (C=O) groups is 1. The normalized spacial score (nSPS) is 33.4. The second-order valence-electron chi connectivity index (χ2n) is 4.24. The van der Waals surface area contributed by atoms with Crippen molar-refractivity contribution in [3.05, 3.63) is 0 Å². The van der Waals surface area contributed by atoms with Gasteiger partial charge < -0.3 is 9.64 Å². The molecule has 0 aromatic carbocycles. The number of hydrogen-bond acceptors (Lipinski definition) is 2. The van der Waals surface area contributed by atoms with Crippen molar-refractivity contribution in [3.63, 3.8) is 0 Å². The smallest absolute Gasteiger partial charge is 0.251 e. The number of carbonyl (C=O) groups excluding carboxylic acids is 1. The summed E-state index contributed by atoms with van der Waals surface area (Å²) in [6.45, 7) is 2.84. The number of nitrogens with zero attached hydrogens (tertiary/aromatic N) is 1. The molecule has 1 aliphatic heterocycles. The Hall–Kier alpha value is -0.570. The molecule has 1 amide bonds. The lowest BCUT2D eigenvalue weighted by Gasteiger charge is -2.22. The van der Waals surface area contributed by atoms with Crippen LogP contribution >= 0.6 is 0 Å². The molecule has 0 bridgehead atoms. The minimum absolute atomic E-state index is 0.161. The highest BCUT2D eigenvalue weighted by Crippen LogP contribution is 2.29. The first-order valence-corrected chi connectivity index (χ1v) is 5.08. The zero-order chi connectivity index (χ0) is 9.42. The molecule has 0 spiro atoms. The van der Waals surface area contributed by atoms with E-state index in [4.69, 9.17) is 4.74 Å². The molecule has 1 saturated heterocycles. The van der Waals surface area contributed by atoms with E-state index in [-0.39, 0.29) is 12.0 Å². The summed E-state index contributed by atoms with van der Waals surface area (Å²) >= 11 is 0. The third-order valence-electron chi connectivity index (χ3n) is 3.07. The van der Waals surface area contributed by atoms with Crippen LogP contribution in [0.1, 0.15) is 26.2 Å². The van der Waals surface area contributed by atoms with Crippen LogP contribution in [0.15, 0.2) is 0 Å². The third kappa shape index (κ3) is 1.70. The average Bonchev–Trinajstić information content (AvgIpc) is 2.87. The molecular weight excluding hydrogens is 166 g/mol. The molecule has 3 nitrogen and oxygen atoms in total. The highest BCUT2D eigenvalue weighted by Gasteiger charge is 2.37. The summed E-state index contributed by atoms with van der Waals surface area (Å²) in [5.41, 5.74) is 0. The van der Waals surface area contributed by atoms with Gasteiger partial charge in [-0.3, -0.25) is 4.79 Å². The molecule has 2 atom stereocenters. The highest BCUT2D eigenvalue weighted by atomic mass is 16.5. The van der Waals surface area contributed by atoms with Gasteiger partial charge in [-0.2, -0.15) is 0 Å². The van der Waals surface area contributed by atoms with Crippen molar-refractivity contribution in [2.45, 2.75) is 38.3 Å². The van der Waals surface area contributed by atoms with Crippen molar-refractivity contribution < 1.29 is 9.53 Å². The fraction of sp³-hybridized carbons (Fsp3) is 0.900. The van der Waals surface area contributed by atoms with Gasteiger partial charge in [0.05, 0.1) is 0 Å². The van der Waals surface area contributed by atoms with E-state index < -0.39 is 0 Å². The largest absolute Gasteiger partial charge is 0.368 e. The lowest BCUT2D eigenvalue weighted by atomic mass is 10.0. The molecule has 2 fully saturated rings. The zero-order valence-corrected chi connectivity index (χ0v) is 8.32. The fourth-order valence-corrected chi connectivity index (χ4v) is 1.85. The molecule has 0 radical (unpaired) electrons. The fourth-order valence-electron chi connectivity index (χ4n) is 1.85. The molecule has 0 N–H and O–H groups in total. The van der Waals surface area contributed by atoms with Gasteiger partial charge in [0.15, 0.2) is 0 Å². The topological polar surface area (TPSA) is 29.5 Å². The molecule has 74 valence electrons. The second-order valence-corrected chi connectivity index (χ2v) is 4.24. The van der Waals surface area contributed by atoms with Crippen molar-refractivity contribution in [1.82, 2.24) is 4.90 Å². The van der Waals surface area contributed by atoms with Crippen molar-refractivity contribution in [2.75, 3.05) is 13.7 Å². The van der Waals surface area contributed by atoms with E-state index in [0.717, 1.165) is 13.0 Å². The average molecular weight is 183 g/mol. The van der Waals surface area contributed by atoms with E-state index in [0.29, 0.717) is 12.0 Å². The highest BCUT2D eigenvalue weighted by molar-refractivity contribution is 5.81. The predicted octanol–water partition coefficient (Wildman–Crippen LogP) is 1.03. The molecule has 2 aliphatic rings. The molecule has 1 saturated carbocycles. The minimum atomic E-state index is -0.161. The van der Waals surface area contributed by atoms with Crippen LogP contribution in [-0.4, -0.2) is 36.6 Å². The maximum Gasteiger partial charge on any atom is 0.251 e. The van der Waals surface area contributed by atoms with Crippen LogP contribution in [0.25, 0.3) is 0 Å². The molecule has 0 unspecified atom stereocenters. The Bertz CT molecular complexity index is 213. The molecule has 13 heavy (non-hydrogen) atoms. The molecule has 0 aromatic heterocycles. The van der Waals surface area contributed by atoms with Crippen LogP contribution < -0.4 is 0 Å². The number of rotatable bonds is 2. The van der Waals surface area contributed by atoms with E-state index in [1.165, 1.54) is 12.8 Å². The van der Waals surface area contributed by atoms with E-state index in [1.807, 2.05) is 11.9 Å². The van der Waals surface area contributed by atoms with Crippen molar-refractivity contribution in [1.29, 1.82) is 0 Å². The number of ether oxygens (including phenoxy) is 1. The van der Waals surface area contributed by atoms with Crippen LogP contribution in [0.5, 0.6) is 0 Å². The Kier molecular flexibility index (Phi) is 2.28. The third-order valence-corrected chi connectivity index (χ3v) is 3.07. The second kappa shape index (κ2) is 3.29. The number of amides is 1. The number of hydrogen-bond donors (Lipinski definition) is 0. The maximum atomic E-state index is 11.8. The first-order valence-electron chi connectivity index (χ1n) is 5.08. The van der Waals surface area contributed by atoms with Gasteiger partial charge in [-0.15, -0.1) is 0 Å². The molecule has 0 aromatic rings. The Balaban J connectivity index is 1.94. The first-order chi connectivity index (χ1) is 6.20. The van der Waals surface area contributed by atoms with Crippen LogP contribution in [0, 0.1) is 5.92 Å². The van der Waals surface area contributed by atoms with E-state index in [2.05, 4.69) is 6.92 Å². The SMILES string of the molecule is C[C@@H]1CCO[C@@H]1C(=O)N(C)C1CC1. The molecule has 2 rings (SSSR count). The lowest BCUT2D eigenvalue weighted by Crippen LogP contribution is -2.39. The minimum Gasteiger partial charge on any atom is -0.368 e. The van der Waals surface area contributed by atoms with Gasteiger partial charge in [0, 0.05) is 19.7 Å². The van der Waals surface area contributed by atoms with Crippen molar-refractivity contribution in [3.8, 4) is 0 Å². The van der Waals surface area contributed by atoms with Gasteiger partial charge >= 0.3 is 0 Å². The van der Waals surface area contributed by atoms with Crippen molar-refractivity contribution >= 4 is 5.91 Å². The summed E-state index contributed by atoms with van der Waals surface area (Å²) in [5.74, 6) is 0.584. The molecule has 1 aliphatic carbocycles. The quantitative estimate of drug-likeness (QED) is 0.640. The van der Waals surface area contributed by atoms with E-state index >= 15 is 0 Å². The van der Waals surface area contributed by atoms with E-state index in [9.17, 15) is 4.79 Å². The van der Waals surface area contributed by atoms with Crippen LogP contribution in [-0.2, 0) is 9.53 Å². The Labute approximate surface area is 79.0 Å². The predicted molar refractivity (Wildman–Crippen MR) is 49.3 cm³/mol. The van der Waals surface area contributed by atoms with E-state index in [1.54, 1.807) is 0 Å². The standard InChI is InChI=1S/C10H17NO2/c1-7-5-6-13-9(7)10(12)11(2)8-3-4-8/h7-9H,3-6H2,1-2H3/t7-,9+/m1/s1. The monoisotopic (exact) mass is 183 g/mol. The summed E-state index contributed by atoms with van der Waals surface area (Å²) in [6, 6.07) is 0.504. The van der Waals surface area contributed by atoms with Gasteiger partial charge in [-0.25, -0.2) is 0 Å². The van der Waals surface area contributed by atoms with Crippen LogP contribution in [0.3, 0.4) is 0 Å². The van der Waals surface area contributed by atoms with Gasteiger partial charge in [0.1, 0.15) is 6.10 Å². The maximum absolute atomic E-state index is 11.8. The van der Waals surface area contributed by atoms with Crippen molar-refractivity contribution in [2.24, 2.45) is 5.92 Å². The molecule has 1 heterocycles. The molecule has 3 heteroatoms. The Morgan fingerprint density at radius 2 is 2.08 bits per heavy atom. The summed E-state index contributed by atoms with van der Waals surface area (Å²) in [4.78, 5) is 13.7. The number of likely N-dealkylation sites (N-methyl/N-ethyl adjacent to an activating group) is 1. The summed E-state index contributed by atoms with van der Waals surface area (Å²) < 4.78 is 5.43. The first kappa shape index (κ1) is 9.00. The van der Waals surface area contributed by atoms with Crippen LogP contribution in [0.4, 0.5) is 0 Å². The lowest BCUT2D eigenvalue weighted by molar-refractivity contribution is -0.141. The molecular formula is C10H17NO2. The Morgan fingerprint density at radius 3 is 2.54 bits per heavy atom. The zero-order valence-electron chi connectivity index (χ0n) is 8.32. The van der Waals surface area contributed by atoms with Gasteiger partial charge in [0.2, 0.25) is 0 Å². The van der Waals surface area contributed by atoms with Gasteiger partial charge in [-0.1, -0.05) is 6.92 Å². The van der Waals surface area contributed by atoms with Crippen LogP contribution in [0.2, 0.25) is 0 Å². The Morgan fingerprint density at radius 1 is 1.38 bits per heavy atom.